The molecule has 1 aliphatic rings. The van der Waals surface area contributed by atoms with E-state index in [1.807, 2.05) is 23.6 Å². The molecule has 0 radical (unpaired) electrons. The number of aromatic nitrogens is 1. The van der Waals surface area contributed by atoms with Gasteiger partial charge in [-0.15, -0.1) is 11.3 Å². The van der Waals surface area contributed by atoms with E-state index in [4.69, 9.17) is 0 Å². The smallest absolute Gasteiger partial charge is 0.233 e. The summed E-state index contributed by atoms with van der Waals surface area (Å²) in [5.74, 6) is -0.167. The van der Waals surface area contributed by atoms with Gasteiger partial charge in [0.25, 0.3) is 0 Å². The highest BCUT2D eigenvalue weighted by atomic mass is 32.2. The molecule has 2 aromatic carbocycles. The summed E-state index contributed by atoms with van der Waals surface area (Å²) in [7, 11) is -3.31. The molecule has 0 aliphatic heterocycles. The molecule has 0 saturated heterocycles. The number of nitrogens with one attached hydrogen (secondary N) is 2. The van der Waals surface area contributed by atoms with Gasteiger partial charge in [-0.2, -0.15) is 0 Å². The van der Waals surface area contributed by atoms with Crippen LogP contribution in [0.15, 0.2) is 53.9 Å². The zero-order valence-corrected chi connectivity index (χ0v) is 17.5. The first-order valence-electron chi connectivity index (χ1n) is 9.31. The number of carbonyl (C=O) groups is 1. The molecule has 1 amide bonds. The van der Waals surface area contributed by atoms with Gasteiger partial charge in [0.15, 0.2) is 5.13 Å². The zero-order valence-electron chi connectivity index (χ0n) is 15.9. The van der Waals surface area contributed by atoms with Crippen molar-refractivity contribution in [1.82, 2.24) is 4.98 Å². The highest BCUT2D eigenvalue weighted by Gasteiger charge is 2.26. The van der Waals surface area contributed by atoms with Crippen LogP contribution >= 0.6 is 11.3 Å². The van der Waals surface area contributed by atoms with Crippen LogP contribution in [-0.4, -0.2) is 25.6 Å². The number of benzene rings is 2. The number of hydrogen-bond donors (Lipinski definition) is 2. The molecule has 1 heterocycles. The van der Waals surface area contributed by atoms with Crippen LogP contribution in [0.2, 0.25) is 0 Å². The fraction of sp³-hybridized carbons (Fsp3) is 0.238. The van der Waals surface area contributed by atoms with Crippen LogP contribution in [0, 0.1) is 0 Å². The third-order valence-corrected chi connectivity index (χ3v) is 6.27. The van der Waals surface area contributed by atoms with Gasteiger partial charge in [0, 0.05) is 16.6 Å². The standard InChI is InChI=1S/C21H21N3O3S2/c1-29(26,27)24-16-11-9-15(10-12-16)19-13-28-21(22-19)23-20(25)18-8-4-6-14-5-2-3-7-17(14)18/h2-3,5,7,9-13,18,24H,4,6,8H2,1H3,(H,22,23,25). The van der Waals surface area contributed by atoms with Crippen LogP contribution in [0.25, 0.3) is 11.3 Å². The van der Waals surface area contributed by atoms with Crippen LogP contribution in [0.1, 0.15) is 29.9 Å². The Hall–Kier alpha value is -2.71. The van der Waals surface area contributed by atoms with Gasteiger partial charge >= 0.3 is 0 Å². The van der Waals surface area contributed by atoms with Gasteiger partial charge in [0.2, 0.25) is 15.9 Å². The SMILES string of the molecule is CS(=O)(=O)Nc1ccc(-c2csc(NC(=O)C3CCCc4ccccc43)n2)cc1. The summed E-state index contributed by atoms with van der Waals surface area (Å²) in [5, 5.41) is 5.40. The number of carbonyl (C=O) groups excluding carboxylic acids is 1. The normalized spacial score (nSPS) is 16.1. The fourth-order valence-electron chi connectivity index (χ4n) is 3.61. The van der Waals surface area contributed by atoms with Crippen molar-refractivity contribution in [2.24, 2.45) is 0 Å². The molecule has 6 nitrogen and oxygen atoms in total. The maximum Gasteiger partial charge on any atom is 0.233 e. The van der Waals surface area contributed by atoms with E-state index < -0.39 is 10.0 Å². The van der Waals surface area contributed by atoms with Crippen molar-refractivity contribution in [3.8, 4) is 11.3 Å². The summed E-state index contributed by atoms with van der Waals surface area (Å²) in [5.41, 5.74) is 4.45. The molecule has 1 aliphatic carbocycles. The van der Waals surface area contributed by atoms with E-state index >= 15 is 0 Å². The number of amides is 1. The summed E-state index contributed by atoms with van der Waals surface area (Å²) in [6, 6.07) is 15.1. The molecule has 0 bridgehead atoms. The number of anilines is 2. The first-order chi connectivity index (χ1) is 13.9. The number of fused-ring (bicyclic) bond motifs is 1. The molecule has 1 unspecified atom stereocenters. The van der Waals surface area contributed by atoms with E-state index in [2.05, 4.69) is 21.1 Å². The number of aryl methyl sites for hydroxylation is 1. The average molecular weight is 428 g/mol. The van der Waals surface area contributed by atoms with Crippen LogP contribution in [0.3, 0.4) is 0 Å². The van der Waals surface area contributed by atoms with Gasteiger partial charge in [0.1, 0.15) is 0 Å². The van der Waals surface area contributed by atoms with Gasteiger partial charge in [-0.05, 0) is 42.5 Å². The Kier molecular flexibility index (Phi) is 5.38. The molecule has 0 fully saturated rings. The largest absolute Gasteiger partial charge is 0.301 e. The third-order valence-electron chi connectivity index (χ3n) is 4.90. The molecular weight excluding hydrogens is 406 g/mol. The second-order valence-electron chi connectivity index (χ2n) is 7.12. The van der Waals surface area contributed by atoms with Crippen molar-refractivity contribution in [3.63, 3.8) is 0 Å². The molecule has 0 spiro atoms. The molecule has 1 aromatic heterocycles. The minimum Gasteiger partial charge on any atom is -0.301 e. The Morgan fingerprint density at radius 3 is 2.66 bits per heavy atom. The Bertz CT molecular complexity index is 1140. The highest BCUT2D eigenvalue weighted by Crippen LogP contribution is 2.33. The molecule has 4 rings (SSSR count). The van der Waals surface area contributed by atoms with Gasteiger partial charge in [-0.3, -0.25) is 9.52 Å². The van der Waals surface area contributed by atoms with E-state index in [0.29, 0.717) is 10.8 Å². The third kappa shape index (κ3) is 4.65. The first kappa shape index (κ1) is 19.6. The van der Waals surface area contributed by atoms with E-state index in [1.165, 1.54) is 16.9 Å². The van der Waals surface area contributed by atoms with Gasteiger partial charge in [-0.1, -0.05) is 36.4 Å². The second-order valence-corrected chi connectivity index (χ2v) is 9.73. The summed E-state index contributed by atoms with van der Waals surface area (Å²) >= 11 is 1.38. The minimum absolute atomic E-state index is 0.0225. The quantitative estimate of drug-likeness (QED) is 0.637. The fourth-order valence-corrected chi connectivity index (χ4v) is 4.89. The molecule has 150 valence electrons. The number of hydrogen-bond acceptors (Lipinski definition) is 5. The zero-order chi connectivity index (χ0) is 20.4. The molecule has 3 aromatic rings. The average Bonchev–Trinajstić information content (AvgIpc) is 3.15. The molecule has 29 heavy (non-hydrogen) atoms. The van der Waals surface area contributed by atoms with Crippen molar-refractivity contribution in [3.05, 3.63) is 65.0 Å². The molecule has 8 heteroatoms. The Labute approximate surface area is 174 Å². The Morgan fingerprint density at radius 1 is 1.14 bits per heavy atom. The summed E-state index contributed by atoms with van der Waals surface area (Å²) < 4.78 is 25.0. The van der Waals surface area contributed by atoms with Gasteiger partial charge in [0.05, 0.1) is 17.9 Å². The minimum atomic E-state index is -3.31. The van der Waals surface area contributed by atoms with Gasteiger partial charge < -0.3 is 5.32 Å². The molecule has 1 atom stereocenters. The topological polar surface area (TPSA) is 88.2 Å². The maximum absolute atomic E-state index is 12.8. The van der Waals surface area contributed by atoms with E-state index in [1.54, 1.807) is 24.3 Å². The molecular formula is C21H21N3O3S2. The maximum atomic E-state index is 12.8. The lowest BCUT2D eigenvalue weighted by Gasteiger charge is -2.24. The lowest BCUT2D eigenvalue weighted by Crippen LogP contribution is -2.24. The number of rotatable bonds is 5. The lowest BCUT2D eigenvalue weighted by molar-refractivity contribution is -0.117. The Morgan fingerprint density at radius 2 is 1.90 bits per heavy atom. The van der Waals surface area contributed by atoms with Crippen molar-refractivity contribution in [2.75, 3.05) is 16.3 Å². The van der Waals surface area contributed by atoms with Crippen molar-refractivity contribution in [1.29, 1.82) is 0 Å². The monoisotopic (exact) mass is 427 g/mol. The number of sulfonamides is 1. The first-order valence-corrected chi connectivity index (χ1v) is 12.1. The lowest BCUT2D eigenvalue weighted by atomic mass is 9.82. The van der Waals surface area contributed by atoms with Crippen LogP contribution in [-0.2, 0) is 21.2 Å². The predicted molar refractivity (Wildman–Crippen MR) is 117 cm³/mol. The predicted octanol–water partition coefficient (Wildman–Crippen LogP) is 4.24. The highest BCUT2D eigenvalue weighted by molar-refractivity contribution is 7.92. The molecule has 0 saturated carbocycles. The Balaban J connectivity index is 1.47. The second kappa shape index (κ2) is 7.96. The number of thiazole rings is 1. The van der Waals surface area contributed by atoms with E-state index in [9.17, 15) is 13.2 Å². The van der Waals surface area contributed by atoms with Crippen LogP contribution < -0.4 is 10.0 Å². The van der Waals surface area contributed by atoms with Crippen molar-refractivity contribution >= 4 is 38.1 Å². The van der Waals surface area contributed by atoms with Crippen molar-refractivity contribution in [2.45, 2.75) is 25.2 Å². The van der Waals surface area contributed by atoms with E-state index in [0.717, 1.165) is 42.3 Å². The summed E-state index contributed by atoms with van der Waals surface area (Å²) in [6.45, 7) is 0. The van der Waals surface area contributed by atoms with Crippen LogP contribution in [0.5, 0.6) is 0 Å². The summed E-state index contributed by atoms with van der Waals surface area (Å²) in [6.07, 6.45) is 3.98. The number of nitrogens with zero attached hydrogens (tertiary/aromatic N) is 1. The van der Waals surface area contributed by atoms with Gasteiger partial charge in [-0.25, -0.2) is 13.4 Å². The van der Waals surface area contributed by atoms with Crippen LogP contribution in [0.4, 0.5) is 10.8 Å². The molecule has 2 N–H and O–H groups in total. The summed E-state index contributed by atoms with van der Waals surface area (Å²) in [4.78, 5) is 17.4. The van der Waals surface area contributed by atoms with Crippen molar-refractivity contribution < 1.29 is 13.2 Å². The van der Waals surface area contributed by atoms with E-state index in [-0.39, 0.29) is 11.8 Å².